The van der Waals surface area contributed by atoms with Crippen LogP contribution in [0, 0.1) is 23.4 Å². The predicted molar refractivity (Wildman–Crippen MR) is 158 cm³/mol. The number of amides is 1. The van der Waals surface area contributed by atoms with Gasteiger partial charge in [-0.1, -0.05) is 12.1 Å². The molecule has 3 aliphatic rings. The molecular weight excluding hydrogens is 581 g/mol. The Labute approximate surface area is 251 Å². The fourth-order valence-electron chi connectivity index (χ4n) is 7.10. The summed E-state index contributed by atoms with van der Waals surface area (Å²) in [5.74, 6) is -3.58. The molecular formula is C31H41F3N4O4S. The Morgan fingerprint density at radius 1 is 1.12 bits per heavy atom. The molecule has 2 unspecified atom stereocenters. The van der Waals surface area contributed by atoms with Crippen molar-refractivity contribution in [3.63, 3.8) is 0 Å². The summed E-state index contributed by atoms with van der Waals surface area (Å²) >= 11 is 0. The highest BCUT2D eigenvalue weighted by Crippen LogP contribution is 2.39. The summed E-state index contributed by atoms with van der Waals surface area (Å²) in [6.07, 6.45) is 2.78. The molecule has 1 amide bonds. The van der Waals surface area contributed by atoms with Crippen molar-refractivity contribution in [2.75, 3.05) is 24.2 Å². The minimum absolute atomic E-state index is 0.00780. The number of halogens is 3. The first kappa shape index (κ1) is 31.9. The van der Waals surface area contributed by atoms with Crippen LogP contribution < -0.4 is 16.4 Å². The van der Waals surface area contributed by atoms with Crippen molar-refractivity contribution in [2.24, 2.45) is 11.7 Å². The summed E-state index contributed by atoms with van der Waals surface area (Å²) in [4.78, 5) is 13.7. The van der Waals surface area contributed by atoms with Crippen molar-refractivity contribution in [1.82, 2.24) is 9.62 Å². The van der Waals surface area contributed by atoms with Crippen molar-refractivity contribution in [2.45, 2.75) is 88.6 Å². The van der Waals surface area contributed by atoms with Gasteiger partial charge in [-0.3, -0.25) is 4.79 Å². The maximum atomic E-state index is 15.2. The third kappa shape index (κ3) is 7.25. The molecule has 4 N–H and O–H groups in total. The minimum atomic E-state index is -3.45. The van der Waals surface area contributed by atoms with Gasteiger partial charge in [0, 0.05) is 42.3 Å². The summed E-state index contributed by atoms with van der Waals surface area (Å²) in [7, 11) is -3.45. The van der Waals surface area contributed by atoms with Gasteiger partial charge in [-0.25, -0.2) is 21.6 Å². The number of hydrogen-bond acceptors (Lipinski definition) is 6. The molecule has 5 rings (SSSR count). The topological polar surface area (TPSA) is 114 Å². The largest absolute Gasteiger partial charge is 0.376 e. The van der Waals surface area contributed by atoms with Crippen molar-refractivity contribution >= 4 is 21.6 Å². The molecule has 3 saturated heterocycles. The van der Waals surface area contributed by atoms with Gasteiger partial charge in [-0.2, -0.15) is 4.31 Å². The molecule has 8 atom stereocenters. The van der Waals surface area contributed by atoms with Crippen LogP contribution in [-0.2, 0) is 26.0 Å². The fraction of sp³-hybridized carbons (Fsp3) is 0.581. The number of carbonyl (C=O) groups excluding carboxylic acids is 1. The van der Waals surface area contributed by atoms with E-state index in [2.05, 4.69) is 10.6 Å². The van der Waals surface area contributed by atoms with E-state index in [0.717, 1.165) is 12.5 Å². The van der Waals surface area contributed by atoms with E-state index >= 15 is 4.39 Å². The third-order valence-electron chi connectivity index (χ3n) is 9.13. The van der Waals surface area contributed by atoms with Gasteiger partial charge in [0.1, 0.15) is 5.82 Å². The van der Waals surface area contributed by atoms with E-state index in [-0.39, 0.29) is 54.0 Å². The Morgan fingerprint density at radius 3 is 2.51 bits per heavy atom. The molecule has 3 fully saturated rings. The highest BCUT2D eigenvalue weighted by Gasteiger charge is 2.39. The summed E-state index contributed by atoms with van der Waals surface area (Å²) in [5.41, 5.74) is 7.37. The van der Waals surface area contributed by atoms with Crippen LogP contribution in [0.3, 0.4) is 0 Å². The van der Waals surface area contributed by atoms with E-state index in [0.29, 0.717) is 37.9 Å². The van der Waals surface area contributed by atoms with E-state index in [4.69, 9.17) is 10.5 Å². The number of hydrogen-bond donors (Lipinski definition) is 3. The maximum Gasteiger partial charge on any atom is 0.241 e. The molecule has 2 aromatic rings. The molecule has 2 bridgehead atoms. The number of fused-ring (bicyclic) bond motifs is 2. The summed E-state index contributed by atoms with van der Waals surface area (Å²) in [6.45, 7) is 4.69. The second-order valence-corrected chi connectivity index (χ2v) is 14.3. The van der Waals surface area contributed by atoms with Gasteiger partial charge in [0.25, 0.3) is 0 Å². The highest BCUT2D eigenvalue weighted by molar-refractivity contribution is 7.89. The average molecular weight is 623 g/mol. The number of sulfonamides is 1. The first-order valence-corrected chi connectivity index (χ1v) is 16.7. The number of nitrogens with two attached hydrogens (primary N) is 1. The molecule has 0 aromatic heterocycles. The van der Waals surface area contributed by atoms with E-state index in [1.807, 2.05) is 13.8 Å². The van der Waals surface area contributed by atoms with Gasteiger partial charge in [-0.05, 0) is 88.1 Å². The van der Waals surface area contributed by atoms with Gasteiger partial charge < -0.3 is 21.1 Å². The number of piperazine rings is 1. The first-order chi connectivity index (χ1) is 20.4. The lowest BCUT2D eigenvalue weighted by atomic mass is 9.74. The zero-order valence-electron chi connectivity index (χ0n) is 24.6. The number of nitrogens with zero attached hydrogens (tertiary/aromatic N) is 1. The number of carbonyl (C=O) groups is 1. The van der Waals surface area contributed by atoms with Gasteiger partial charge in [0.15, 0.2) is 11.6 Å². The van der Waals surface area contributed by atoms with Gasteiger partial charge in [0.2, 0.25) is 15.9 Å². The Kier molecular flexibility index (Phi) is 9.82. The van der Waals surface area contributed by atoms with E-state index in [1.165, 1.54) is 22.5 Å². The molecule has 0 radical (unpaired) electrons. The zero-order chi connectivity index (χ0) is 30.9. The third-order valence-corrected chi connectivity index (χ3v) is 11.1. The zero-order valence-corrected chi connectivity index (χ0v) is 25.4. The number of anilines is 1. The molecule has 236 valence electrons. The number of ether oxygens (including phenoxy) is 1. The molecule has 0 saturated carbocycles. The van der Waals surface area contributed by atoms with Crippen LogP contribution in [0.2, 0.25) is 0 Å². The van der Waals surface area contributed by atoms with E-state index < -0.39 is 51.4 Å². The molecule has 43 heavy (non-hydrogen) atoms. The van der Waals surface area contributed by atoms with Crippen LogP contribution in [0.5, 0.6) is 0 Å². The van der Waals surface area contributed by atoms with Crippen molar-refractivity contribution in [1.29, 1.82) is 0 Å². The average Bonchev–Trinajstić information content (AvgIpc) is 3.07. The van der Waals surface area contributed by atoms with Crippen LogP contribution in [0.1, 0.15) is 63.0 Å². The van der Waals surface area contributed by atoms with E-state index in [9.17, 15) is 22.0 Å². The molecule has 12 heteroatoms. The number of rotatable bonds is 8. The normalized spacial score (nSPS) is 30.2. The van der Waals surface area contributed by atoms with Gasteiger partial charge >= 0.3 is 0 Å². The first-order valence-electron chi connectivity index (χ1n) is 15.1. The van der Waals surface area contributed by atoms with Crippen LogP contribution in [0.15, 0.2) is 36.4 Å². The Hall–Kier alpha value is -2.51. The van der Waals surface area contributed by atoms with Crippen LogP contribution in [0.25, 0.3) is 0 Å². The molecule has 0 aliphatic carbocycles. The molecule has 3 aliphatic heterocycles. The Balaban J connectivity index is 1.37. The number of benzene rings is 2. The smallest absolute Gasteiger partial charge is 0.241 e. The standard InChI is InChI=1S/C31H41F3N4O4S/c1-18-14-21(15-19(2)42-18)28(20-5-7-22(32)8-6-20)30(35)31(39)37-27-12-11-26(33)29(34)25(27)10-9-24-16-36-23-4-3-13-43(40,41)38(24)17-23/h5-8,11-12,18-19,21,23-24,28,30,36H,3-4,9-10,13-17,35H2,1-2H3,(H,37,39)/t18-,19+,21?,23-,24+,28+,30+/m1/s1. The maximum absolute atomic E-state index is 15.2. The lowest BCUT2D eigenvalue weighted by molar-refractivity contribution is -0.119. The second kappa shape index (κ2) is 13.2. The molecule has 0 spiro atoms. The second-order valence-electron chi connectivity index (χ2n) is 12.3. The van der Waals surface area contributed by atoms with Crippen LogP contribution in [0.4, 0.5) is 18.9 Å². The van der Waals surface area contributed by atoms with Crippen molar-refractivity contribution < 1.29 is 31.1 Å². The monoisotopic (exact) mass is 622 g/mol. The summed E-state index contributed by atoms with van der Waals surface area (Å²) < 4.78 is 76.6. The van der Waals surface area contributed by atoms with Gasteiger partial charge in [-0.15, -0.1) is 0 Å². The SMILES string of the molecule is C[C@@H]1CC([C@H](c2ccc(F)cc2)[C@H](N)C(=O)Nc2ccc(F)c(F)c2CC[C@H]2CN[C@@H]3CCCS(=O)(=O)N2C3)C[C@H](C)O1. The summed E-state index contributed by atoms with van der Waals surface area (Å²) in [5, 5.41) is 6.11. The Bertz CT molecular complexity index is 1400. The number of nitrogens with one attached hydrogen (secondary N) is 2. The minimum Gasteiger partial charge on any atom is -0.376 e. The highest BCUT2D eigenvalue weighted by atomic mass is 32.2. The molecule has 2 aromatic carbocycles. The summed E-state index contributed by atoms with van der Waals surface area (Å²) in [6, 6.07) is 6.75. The van der Waals surface area contributed by atoms with Crippen LogP contribution >= 0.6 is 0 Å². The Morgan fingerprint density at radius 2 is 1.81 bits per heavy atom. The quantitative estimate of drug-likeness (QED) is 0.410. The fourth-order valence-corrected chi connectivity index (χ4v) is 8.90. The lowest BCUT2D eigenvalue weighted by Crippen LogP contribution is -2.57. The van der Waals surface area contributed by atoms with Crippen molar-refractivity contribution in [3.8, 4) is 0 Å². The molecule has 8 nitrogen and oxygen atoms in total. The van der Waals surface area contributed by atoms with E-state index in [1.54, 1.807) is 12.1 Å². The van der Waals surface area contributed by atoms with Gasteiger partial charge in [0.05, 0.1) is 24.0 Å². The lowest BCUT2D eigenvalue weighted by Gasteiger charge is -2.39. The predicted octanol–water partition coefficient (Wildman–Crippen LogP) is 4.06. The van der Waals surface area contributed by atoms with Crippen LogP contribution in [-0.4, -0.2) is 67.8 Å². The van der Waals surface area contributed by atoms with Crippen molar-refractivity contribution in [3.05, 3.63) is 65.0 Å². The molecule has 3 heterocycles.